The van der Waals surface area contributed by atoms with Crippen LogP contribution in [0.3, 0.4) is 0 Å². The molecule has 0 aliphatic carbocycles. The van der Waals surface area contributed by atoms with Gasteiger partial charge in [-0.15, -0.1) is 10.2 Å². The van der Waals surface area contributed by atoms with Crippen LogP contribution in [0, 0.1) is 12.7 Å². The Morgan fingerprint density at radius 1 is 1.21 bits per heavy atom. The molecule has 4 aromatic rings. The summed E-state index contributed by atoms with van der Waals surface area (Å²) in [4.78, 5) is 5.79. The van der Waals surface area contributed by atoms with E-state index in [1.807, 2.05) is 12.1 Å². The first-order valence-corrected chi connectivity index (χ1v) is 12.2. The molecular weight excluding hydrogens is 487 g/mol. The minimum absolute atomic E-state index is 0.00988. The lowest BCUT2D eigenvalue weighted by molar-refractivity contribution is 0.410. The van der Waals surface area contributed by atoms with Gasteiger partial charge in [-0.3, -0.25) is 0 Å². The number of halogens is 2. The molecule has 0 amide bonds. The maximum absolute atomic E-state index is 15.1. The summed E-state index contributed by atoms with van der Waals surface area (Å²) in [6, 6.07) is 8.83. The molecule has 10 nitrogen and oxygen atoms in total. The third-order valence-electron chi connectivity index (χ3n) is 5.28. The standard InChI is InChI=1S/C21H18ClFN6O4S/c1-11-26-27-21(32-11)20-25-19(28-33-20)15-6-17-18(7-16(15)23)34(30,31)10-14(24)9-29(17)8-12-2-4-13(22)5-3-12/h2-7,14H,8-10,24H2,1H3/t14-/m1/s1. The van der Waals surface area contributed by atoms with Crippen LogP contribution in [-0.4, -0.2) is 47.1 Å². The van der Waals surface area contributed by atoms with Gasteiger partial charge in [0, 0.05) is 31.1 Å². The Morgan fingerprint density at radius 3 is 2.68 bits per heavy atom. The van der Waals surface area contributed by atoms with Crippen molar-refractivity contribution in [3.63, 3.8) is 0 Å². The van der Waals surface area contributed by atoms with Gasteiger partial charge in [0.25, 0.3) is 0 Å². The van der Waals surface area contributed by atoms with Gasteiger partial charge in [0.05, 0.1) is 21.9 Å². The molecule has 176 valence electrons. The number of nitrogens with zero attached hydrogens (tertiary/aromatic N) is 5. The third-order valence-corrected chi connectivity index (χ3v) is 7.39. The Morgan fingerprint density at radius 2 is 1.97 bits per heavy atom. The summed E-state index contributed by atoms with van der Waals surface area (Å²) in [5, 5.41) is 11.9. The molecule has 5 rings (SSSR count). The van der Waals surface area contributed by atoms with Gasteiger partial charge in [-0.2, -0.15) is 4.98 Å². The molecule has 0 unspecified atom stereocenters. The number of aryl methyl sites for hydroxylation is 1. The number of aromatic nitrogens is 4. The van der Waals surface area contributed by atoms with E-state index in [9.17, 15) is 8.42 Å². The van der Waals surface area contributed by atoms with Crippen LogP contribution in [0.2, 0.25) is 5.02 Å². The minimum Gasteiger partial charge on any atom is -0.417 e. The average molecular weight is 505 g/mol. The van der Waals surface area contributed by atoms with Crippen LogP contribution in [0.1, 0.15) is 11.5 Å². The highest BCUT2D eigenvalue weighted by Gasteiger charge is 2.32. The Balaban J connectivity index is 1.60. The first-order chi connectivity index (χ1) is 16.2. The number of sulfone groups is 1. The molecule has 0 saturated carbocycles. The number of fused-ring (bicyclic) bond motifs is 1. The van der Waals surface area contributed by atoms with E-state index in [-0.39, 0.29) is 40.4 Å². The SMILES string of the molecule is Cc1nnc(-c2nc(-c3cc4c(cc3F)S(=O)(=O)C[C@H](N)CN4Cc3ccc(Cl)cc3)no2)o1. The van der Waals surface area contributed by atoms with Gasteiger partial charge < -0.3 is 19.6 Å². The lowest BCUT2D eigenvalue weighted by Crippen LogP contribution is -2.39. The van der Waals surface area contributed by atoms with Crippen molar-refractivity contribution in [3.05, 3.63) is 58.7 Å². The first-order valence-electron chi connectivity index (χ1n) is 10.2. The summed E-state index contributed by atoms with van der Waals surface area (Å²) in [6.07, 6.45) is 0. The van der Waals surface area contributed by atoms with Gasteiger partial charge in [0.15, 0.2) is 9.84 Å². The van der Waals surface area contributed by atoms with Gasteiger partial charge in [0.2, 0.25) is 11.7 Å². The molecule has 0 saturated heterocycles. The van der Waals surface area contributed by atoms with Crippen LogP contribution in [0.4, 0.5) is 10.1 Å². The van der Waals surface area contributed by atoms with Gasteiger partial charge in [-0.1, -0.05) is 28.9 Å². The van der Waals surface area contributed by atoms with Crippen molar-refractivity contribution in [1.82, 2.24) is 20.3 Å². The zero-order valence-electron chi connectivity index (χ0n) is 17.8. The van der Waals surface area contributed by atoms with Gasteiger partial charge in [-0.25, -0.2) is 12.8 Å². The van der Waals surface area contributed by atoms with Crippen molar-refractivity contribution in [3.8, 4) is 23.2 Å². The predicted octanol–water partition coefficient (Wildman–Crippen LogP) is 3.01. The fraction of sp³-hybridized carbons (Fsp3) is 0.238. The number of hydrogen-bond acceptors (Lipinski definition) is 10. The van der Waals surface area contributed by atoms with Gasteiger partial charge in [0.1, 0.15) is 5.82 Å². The predicted molar refractivity (Wildman–Crippen MR) is 120 cm³/mol. The number of nitrogens with two attached hydrogens (primary N) is 1. The molecule has 1 atom stereocenters. The molecule has 13 heteroatoms. The van der Waals surface area contributed by atoms with Crippen molar-refractivity contribution in [2.75, 3.05) is 17.2 Å². The van der Waals surface area contributed by atoms with E-state index in [0.717, 1.165) is 11.6 Å². The van der Waals surface area contributed by atoms with E-state index in [4.69, 9.17) is 26.3 Å². The second kappa shape index (κ2) is 8.46. The van der Waals surface area contributed by atoms with Gasteiger partial charge >= 0.3 is 11.8 Å². The average Bonchev–Trinajstić information content (AvgIpc) is 3.41. The van der Waals surface area contributed by atoms with Crippen molar-refractivity contribution >= 4 is 27.1 Å². The Labute approximate surface area is 198 Å². The van der Waals surface area contributed by atoms with Crippen LogP contribution in [0.25, 0.3) is 23.2 Å². The fourth-order valence-corrected chi connectivity index (χ4v) is 5.54. The Kier molecular flexibility index (Phi) is 5.58. The van der Waals surface area contributed by atoms with E-state index in [2.05, 4.69) is 20.3 Å². The maximum Gasteiger partial charge on any atom is 0.315 e. The molecule has 2 N–H and O–H groups in total. The summed E-state index contributed by atoms with van der Waals surface area (Å²) >= 11 is 5.98. The third kappa shape index (κ3) is 4.27. The zero-order chi connectivity index (χ0) is 24.0. The quantitative estimate of drug-likeness (QED) is 0.440. The molecule has 2 aromatic heterocycles. The van der Waals surface area contributed by atoms with Crippen LogP contribution in [0.5, 0.6) is 0 Å². The second-order valence-electron chi connectivity index (χ2n) is 7.90. The van der Waals surface area contributed by atoms with Crippen molar-refractivity contribution in [2.24, 2.45) is 5.73 Å². The molecule has 1 aliphatic heterocycles. The van der Waals surface area contributed by atoms with E-state index in [0.29, 0.717) is 23.1 Å². The van der Waals surface area contributed by atoms with Crippen LogP contribution >= 0.6 is 11.6 Å². The first kappa shape index (κ1) is 22.4. The van der Waals surface area contributed by atoms with Crippen molar-refractivity contribution in [2.45, 2.75) is 24.4 Å². The summed E-state index contributed by atoms with van der Waals surface area (Å²) in [5.74, 6) is -1.02. The summed E-state index contributed by atoms with van der Waals surface area (Å²) < 4.78 is 51.5. The van der Waals surface area contributed by atoms with Gasteiger partial charge in [-0.05, 0) is 29.8 Å². The number of anilines is 1. The highest BCUT2D eigenvalue weighted by atomic mass is 35.5. The molecular formula is C21H18ClFN6O4S. The van der Waals surface area contributed by atoms with E-state index in [1.165, 1.54) is 6.07 Å². The number of hydrogen-bond donors (Lipinski definition) is 1. The van der Waals surface area contributed by atoms with E-state index >= 15 is 4.39 Å². The topological polar surface area (TPSA) is 141 Å². The lowest BCUT2D eigenvalue weighted by atomic mass is 10.1. The largest absolute Gasteiger partial charge is 0.417 e. The molecule has 3 heterocycles. The molecule has 2 aromatic carbocycles. The molecule has 0 bridgehead atoms. The molecule has 0 fully saturated rings. The lowest BCUT2D eigenvalue weighted by Gasteiger charge is -2.26. The van der Waals surface area contributed by atoms with Crippen LogP contribution in [0.15, 0.2) is 50.2 Å². The van der Waals surface area contributed by atoms with Crippen molar-refractivity contribution < 1.29 is 21.7 Å². The monoisotopic (exact) mass is 504 g/mol. The normalized spacial score (nSPS) is 17.4. The Hall–Kier alpha value is -3.35. The van der Waals surface area contributed by atoms with Crippen LogP contribution in [-0.2, 0) is 16.4 Å². The number of benzene rings is 2. The van der Waals surface area contributed by atoms with Crippen LogP contribution < -0.4 is 10.6 Å². The highest BCUT2D eigenvalue weighted by molar-refractivity contribution is 7.91. The summed E-state index contributed by atoms with van der Waals surface area (Å²) in [6.45, 7) is 2.16. The minimum atomic E-state index is -3.84. The molecule has 34 heavy (non-hydrogen) atoms. The zero-order valence-corrected chi connectivity index (χ0v) is 19.3. The summed E-state index contributed by atoms with van der Waals surface area (Å²) in [5.41, 5.74) is 7.24. The fourth-order valence-electron chi connectivity index (χ4n) is 3.78. The second-order valence-corrected chi connectivity index (χ2v) is 10.3. The summed E-state index contributed by atoms with van der Waals surface area (Å²) in [7, 11) is -3.84. The molecule has 0 radical (unpaired) electrons. The highest BCUT2D eigenvalue weighted by Crippen LogP contribution is 2.36. The maximum atomic E-state index is 15.1. The van der Waals surface area contributed by atoms with E-state index < -0.39 is 21.7 Å². The molecule has 1 aliphatic rings. The Bertz CT molecular complexity index is 1470. The van der Waals surface area contributed by atoms with E-state index in [1.54, 1.807) is 24.0 Å². The number of rotatable bonds is 4. The smallest absolute Gasteiger partial charge is 0.315 e. The molecule has 0 spiro atoms. The van der Waals surface area contributed by atoms with Crippen molar-refractivity contribution in [1.29, 1.82) is 0 Å².